The van der Waals surface area contributed by atoms with E-state index in [0.29, 0.717) is 10.9 Å². The Labute approximate surface area is 97.1 Å². The lowest BCUT2D eigenvalue weighted by Crippen LogP contribution is -2.32. The van der Waals surface area contributed by atoms with Gasteiger partial charge in [0.25, 0.3) is 0 Å². The summed E-state index contributed by atoms with van der Waals surface area (Å²) < 4.78 is 1.72. The maximum Gasteiger partial charge on any atom is 0.249 e. The summed E-state index contributed by atoms with van der Waals surface area (Å²) in [7, 11) is 1.76. The predicted molar refractivity (Wildman–Crippen MR) is 58.0 cm³/mol. The number of carboxylic acids is 1. The van der Waals surface area contributed by atoms with E-state index in [1.807, 2.05) is 0 Å². The standard InChI is InChI=1S/C12H10N2O3/c1-14-6-5-8(12(16)17)10-7(11(13)15)3-2-4-9(10)14/h2-6H,1H3,(H2-,13,15,16,17). The van der Waals surface area contributed by atoms with Crippen molar-refractivity contribution in [3.05, 3.63) is 41.6 Å². The third kappa shape index (κ3) is 1.71. The van der Waals surface area contributed by atoms with E-state index in [9.17, 15) is 14.7 Å². The molecule has 0 saturated carbocycles. The summed E-state index contributed by atoms with van der Waals surface area (Å²) in [6.07, 6.45) is 1.60. The quantitative estimate of drug-likeness (QED) is 0.680. The molecule has 0 atom stereocenters. The van der Waals surface area contributed by atoms with Crippen LogP contribution in [0, 0.1) is 0 Å². The molecule has 0 bridgehead atoms. The second-order valence-corrected chi connectivity index (χ2v) is 3.69. The molecule has 1 amide bonds. The zero-order chi connectivity index (χ0) is 12.6. The van der Waals surface area contributed by atoms with Crippen LogP contribution in [0.25, 0.3) is 10.9 Å². The minimum atomic E-state index is -1.33. The number of fused-ring (bicyclic) bond motifs is 1. The predicted octanol–water partition coefficient (Wildman–Crippen LogP) is -0.873. The summed E-state index contributed by atoms with van der Waals surface area (Å²) in [6.45, 7) is 0. The number of nitrogens with two attached hydrogens (primary N) is 1. The topological polar surface area (TPSA) is 87.1 Å². The first-order valence-electron chi connectivity index (χ1n) is 4.95. The molecule has 0 aliphatic carbocycles. The normalized spacial score (nSPS) is 10.4. The third-order valence-corrected chi connectivity index (χ3v) is 2.64. The monoisotopic (exact) mass is 230 g/mol. The number of aryl methyl sites for hydroxylation is 1. The van der Waals surface area contributed by atoms with E-state index in [0.717, 1.165) is 0 Å². The molecule has 1 aromatic carbocycles. The van der Waals surface area contributed by atoms with Crippen molar-refractivity contribution in [2.75, 3.05) is 0 Å². The average Bonchev–Trinajstić information content (AvgIpc) is 2.28. The maximum atomic E-state index is 11.3. The number of hydrogen-bond acceptors (Lipinski definition) is 3. The molecule has 1 aromatic heterocycles. The number of primary amides is 1. The molecule has 0 aliphatic rings. The zero-order valence-corrected chi connectivity index (χ0v) is 9.14. The van der Waals surface area contributed by atoms with Crippen molar-refractivity contribution in [3.8, 4) is 0 Å². The van der Waals surface area contributed by atoms with Crippen LogP contribution in [0.5, 0.6) is 0 Å². The van der Waals surface area contributed by atoms with Gasteiger partial charge in [-0.1, -0.05) is 6.07 Å². The molecular weight excluding hydrogens is 220 g/mol. The highest BCUT2D eigenvalue weighted by atomic mass is 16.4. The van der Waals surface area contributed by atoms with Gasteiger partial charge in [0, 0.05) is 17.7 Å². The highest BCUT2D eigenvalue weighted by molar-refractivity contribution is 6.11. The number of carbonyl (C=O) groups excluding carboxylic acids is 2. The van der Waals surface area contributed by atoms with Crippen LogP contribution < -0.4 is 15.4 Å². The fourth-order valence-electron chi connectivity index (χ4n) is 1.84. The van der Waals surface area contributed by atoms with Crippen molar-refractivity contribution < 1.29 is 19.3 Å². The Morgan fingerprint density at radius 2 is 1.94 bits per heavy atom. The molecule has 17 heavy (non-hydrogen) atoms. The highest BCUT2D eigenvalue weighted by Crippen LogP contribution is 2.19. The summed E-state index contributed by atoms with van der Waals surface area (Å²) >= 11 is 0. The van der Waals surface area contributed by atoms with Gasteiger partial charge < -0.3 is 15.6 Å². The van der Waals surface area contributed by atoms with Gasteiger partial charge in [0.1, 0.15) is 7.05 Å². The van der Waals surface area contributed by atoms with Crippen LogP contribution in [0.3, 0.4) is 0 Å². The van der Waals surface area contributed by atoms with E-state index in [4.69, 9.17) is 5.73 Å². The molecule has 0 saturated heterocycles. The van der Waals surface area contributed by atoms with Gasteiger partial charge in [-0.15, -0.1) is 0 Å². The van der Waals surface area contributed by atoms with Gasteiger partial charge in [-0.2, -0.15) is 0 Å². The first kappa shape index (κ1) is 11.1. The SMILES string of the molecule is C[n+]1ccc(C(=O)[O-])c2c(C(N)=O)cccc21. The number of carboxylic acid groups (broad SMARTS) is 1. The lowest BCUT2D eigenvalue weighted by atomic mass is 10.0. The molecular formula is C12H10N2O3. The van der Waals surface area contributed by atoms with E-state index in [1.165, 1.54) is 12.1 Å². The summed E-state index contributed by atoms with van der Waals surface area (Å²) in [5.74, 6) is -1.99. The molecule has 0 aliphatic heterocycles. The fourth-order valence-corrected chi connectivity index (χ4v) is 1.84. The molecule has 1 heterocycles. The number of rotatable bonds is 2. The maximum absolute atomic E-state index is 11.3. The number of hydrogen-bond donors (Lipinski definition) is 1. The van der Waals surface area contributed by atoms with Gasteiger partial charge in [-0.05, 0) is 6.07 Å². The molecule has 2 aromatic rings. The van der Waals surface area contributed by atoms with Crippen LogP contribution in [0.4, 0.5) is 0 Å². The van der Waals surface area contributed by atoms with Crippen molar-refractivity contribution in [1.82, 2.24) is 0 Å². The molecule has 86 valence electrons. The van der Waals surface area contributed by atoms with Crippen molar-refractivity contribution in [2.24, 2.45) is 12.8 Å². The molecule has 0 radical (unpaired) electrons. The molecule has 0 unspecified atom stereocenters. The van der Waals surface area contributed by atoms with Gasteiger partial charge in [-0.3, -0.25) is 4.79 Å². The lowest BCUT2D eigenvalue weighted by molar-refractivity contribution is -0.644. The van der Waals surface area contributed by atoms with Gasteiger partial charge in [-0.25, -0.2) is 4.57 Å². The largest absolute Gasteiger partial charge is 0.545 e. The van der Waals surface area contributed by atoms with Crippen LogP contribution in [-0.2, 0) is 7.05 Å². The second-order valence-electron chi connectivity index (χ2n) is 3.69. The zero-order valence-electron chi connectivity index (χ0n) is 9.14. The average molecular weight is 230 g/mol. The van der Waals surface area contributed by atoms with Gasteiger partial charge in [0.2, 0.25) is 11.4 Å². The smallest absolute Gasteiger partial charge is 0.249 e. The Balaban J connectivity index is 2.99. The molecule has 2 rings (SSSR count). The Bertz CT molecular complexity index is 615. The minimum Gasteiger partial charge on any atom is -0.545 e. The van der Waals surface area contributed by atoms with Crippen LogP contribution >= 0.6 is 0 Å². The Hall–Kier alpha value is -2.43. The molecule has 5 nitrogen and oxygen atoms in total. The van der Waals surface area contributed by atoms with Crippen LogP contribution in [0.2, 0.25) is 0 Å². The van der Waals surface area contributed by atoms with Crippen molar-refractivity contribution >= 4 is 22.8 Å². The van der Waals surface area contributed by atoms with E-state index < -0.39 is 11.9 Å². The van der Waals surface area contributed by atoms with Crippen LogP contribution in [-0.4, -0.2) is 11.9 Å². The lowest BCUT2D eigenvalue weighted by Gasteiger charge is -2.08. The van der Waals surface area contributed by atoms with Crippen molar-refractivity contribution in [3.63, 3.8) is 0 Å². The van der Waals surface area contributed by atoms with E-state index >= 15 is 0 Å². The number of aromatic carboxylic acids is 1. The van der Waals surface area contributed by atoms with Gasteiger partial charge in [0.15, 0.2) is 6.20 Å². The van der Waals surface area contributed by atoms with Crippen molar-refractivity contribution in [1.29, 1.82) is 0 Å². The summed E-state index contributed by atoms with van der Waals surface area (Å²) in [6, 6.07) is 6.26. The molecule has 5 heteroatoms. The second kappa shape index (κ2) is 3.86. The molecule has 2 N–H and O–H groups in total. The first-order valence-corrected chi connectivity index (χ1v) is 4.95. The summed E-state index contributed by atoms with van der Waals surface area (Å²) in [5, 5.41) is 11.3. The van der Waals surface area contributed by atoms with Gasteiger partial charge in [0.05, 0.1) is 16.9 Å². The number of carbonyl (C=O) groups is 2. The number of amides is 1. The van der Waals surface area contributed by atoms with Crippen LogP contribution in [0.15, 0.2) is 30.5 Å². The van der Waals surface area contributed by atoms with Crippen LogP contribution in [0.1, 0.15) is 20.7 Å². The number of aromatic nitrogens is 1. The van der Waals surface area contributed by atoms with Gasteiger partial charge >= 0.3 is 0 Å². The third-order valence-electron chi connectivity index (χ3n) is 2.64. The molecule has 0 spiro atoms. The fraction of sp³-hybridized carbons (Fsp3) is 0.0833. The Morgan fingerprint density at radius 1 is 1.24 bits per heavy atom. The summed E-state index contributed by atoms with van der Waals surface area (Å²) in [4.78, 5) is 22.3. The minimum absolute atomic E-state index is 0.0347. The van der Waals surface area contributed by atoms with E-state index in [2.05, 4.69) is 0 Å². The highest BCUT2D eigenvalue weighted by Gasteiger charge is 2.16. The number of nitrogens with zero attached hydrogens (tertiary/aromatic N) is 1. The molecule has 0 fully saturated rings. The number of benzene rings is 1. The van der Waals surface area contributed by atoms with Crippen molar-refractivity contribution in [2.45, 2.75) is 0 Å². The number of pyridine rings is 1. The first-order chi connectivity index (χ1) is 8.02. The Morgan fingerprint density at radius 3 is 2.53 bits per heavy atom. The summed E-state index contributed by atoms with van der Waals surface area (Å²) in [5.41, 5.74) is 6.00. The van der Waals surface area contributed by atoms with E-state index in [-0.39, 0.29) is 11.1 Å². The Kier molecular flexibility index (Phi) is 2.51. The van der Waals surface area contributed by atoms with E-state index in [1.54, 1.807) is 29.9 Å².